The van der Waals surface area contributed by atoms with Gasteiger partial charge in [0.1, 0.15) is 9.84 Å². The molecule has 1 aliphatic carbocycles. The monoisotopic (exact) mass is 274 g/mol. The van der Waals surface area contributed by atoms with Crippen LogP contribution in [0.15, 0.2) is 0 Å². The molecule has 0 aromatic carbocycles. The van der Waals surface area contributed by atoms with Gasteiger partial charge in [0, 0.05) is 30.9 Å². The van der Waals surface area contributed by atoms with Crippen LogP contribution in [-0.4, -0.2) is 56.5 Å². The van der Waals surface area contributed by atoms with E-state index in [2.05, 4.69) is 17.1 Å². The van der Waals surface area contributed by atoms with Crippen LogP contribution in [0, 0.1) is 5.92 Å². The number of nitrogens with zero attached hydrogens (tertiary/aromatic N) is 1. The van der Waals surface area contributed by atoms with Gasteiger partial charge in [-0.05, 0) is 38.6 Å². The third-order valence-corrected chi connectivity index (χ3v) is 5.95. The van der Waals surface area contributed by atoms with Gasteiger partial charge < -0.3 is 5.32 Å². The first-order valence-electron chi connectivity index (χ1n) is 7.19. The Hall–Kier alpha value is -0.130. The maximum absolute atomic E-state index is 11.5. The largest absolute Gasteiger partial charge is 0.311 e. The molecule has 2 aliphatic rings. The molecule has 0 aromatic rings. The second-order valence-electron chi connectivity index (χ2n) is 5.80. The molecule has 4 nitrogen and oxygen atoms in total. The van der Waals surface area contributed by atoms with Crippen LogP contribution in [0.4, 0.5) is 0 Å². The highest BCUT2D eigenvalue weighted by molar-refractivity contribution is 7.91. The van der Waals surface area contributed by atoms with Crippen molar-refractivity contribution >= 4 is 9.84 Å². The molecule has 0 spiro atoms. The summed E-state index contributed by atoms with van der Waals surface area (Å²) in [5.41, 5.74) is 0. The molecule has 0 aromatic heterocycles. The fourth-order valence-electron chi connectivity index (χ4n) is 2.84. The molecule has 0 radical (unpaired) electrons. The first-order chi connectivity index (χ1) is 8.52. The van der Waals surface area contributed by atoms with Gasteiger partial charge >= 0.3 is 0 Å². The summed E-state index contributed by atoms with van der Waals surface area (Å²) in [7, 11) is -2.80. The van der Waals surface area contributed by atoms with Crippen LogP contribution >= 0.6 is 0 Å². The van der Waals surface area contributed by atoms with E-state index in [4.69, 9.17) is 0 Å². The summed E-state index contributed by atoms with van der Waals surface area (Å²) in [6.07, 6.45) is 3.49. The normalized spacial score (nSPS) is 30.6. The Morgan fingerprint density at radius 1 is 1.33 bits per heavy atom. The lowest BCUT2D eigenvalue weighted by molar-refractivity contribution is 0.120. The van der Waals surface area contributed by atoms with E-state index < -0.39 is 9.84 Å². The summed E-state index contributed by atoms with van der Waals surface area (Å²) in [4.78, 5) is 2.52. The number of hydrogen-bond acceptors (Lipinski definition) is 4. The van der Waals surface area contributed by atoms with Crippen molar-refractivity contribution in [1.82, 2.24) is 10.2 Å². The quantitative estimate of drug-likeness (QED) is 0.781. The Balaban J connectivity index is 1.81. The average molecular weight is 274 g/mol. The molecule has 2 rings (SSSR count). The fourth-order valence-corrected chi connectivity index (χ4v) is 3.70. The zero-order valence-corrected chi connectivity index (χ0v) is 12.4. The van der Waals surface area contributed by atoms with Crippen LogP contribution < -0.4 is 5.32 Å². The third-order valence-electron chi connectivity index (χ3n) is 4.16. The molecule has 0 bridgehead atoms. The summed E-state index contributed by atoms with van der Waals surface area (Å²) in [5, 5.41) is 3.54. The first kappa shape index (κ1) is 14.3. The number of rotatable bonds is 6. The highest BCUT2D eigenvalue weighted by atomic mass is 32.2. The zero-order chi connectivity index (χ0) is 13.2. The number of nitrogens with one attached hydrogen (secondary N) is 1. The molecule has 2 atom stereocenters. The molecule has 106 valence electrons. The van der Waals surface area contributed by atoms with Crippen molar-refractivity contribution in [2.45, 2.75) is 45.2 Å². The van der Waals surface area contributed by atoms with Gasteiger partial charge in [-0.25, -0.2) is 8.42 Å². The summed E-state index contributed by atoms with van der Waals surface area (Å²) in [5.74, 6) is 1.48. The van der Waals surface area contributed by atoms with Gasteiger partial charge in [0.05, 0.1) is 5.75 Å². The van der Waals surface area contributed by atoms with Crippen LogP contribution in [0.25, 0.3) is 0 Å². The SMILES string of the molecule is CCS(=O)(=O)CCCN1CC(C)NCC1C1CC1. The lowest BCUT2D eigenvalue weighted by Crippen LogP contribution is -2.56. The van der Waals surface area contributed by atoms with Crippen molar-refractivity contribution in [2.75, 3.05) is 31.1 Å². The molecule has 1 N–H and O–H groups in total. The van der Waals surface area contributed by atoms with Gasteiger partial charge in [0.2, 0.25) is 0 Å². The molecular weight excluding hydrogens is 248 g/mol. The molecule has 2 fully saturated rings. The minimum Gasteiger partial charge on any atom is -0.311 e. The Morgan fingerprint density at radius 2 is 2.06 bits per heavy atom. The fraction of sp³-hybridized carbons (Fsp3) is 1.00. The molecule has 0 amide bonds. The minimum absolute atomic E-state index is 0.275. The van der Waals surface area contributed by atoms with Crippen molar-refractivity contribution in [1.29, 1.82) is 0 Å². The van der Waals surface area contributed by atoms with Gasteiger partial charge in [-0.15, -0.1) is 0 Å². The van der Waals surface area contributed by atoms with Gasteiger partial charge in [-0.2, -0.15) is 0 Å². The molecule has 1 saturated heterocycles. The van der Waals surface area contributed by atoms with E-state index in [1.165, 1.54) is 12.8 Å². The van der Waals surface area contributed by atoms with Gasteiger partial charge in [-0.1, -0.05) is 6.92 Å². The maximum atomic E-state index is 11.5. The zero-order valence-electron chi connectivity index (χ0n) is 11.6. The Kier molecular flexibility index (Phi) is 4.67. The van der Waals surface area contributed by atoms with Crippen LogP contribution in [0.3, 0.4) is 0 Å². The van der Waals surface area contributed by atoms with E-state index in [0.29, 0.717) is 17.8 Å². The van der Waals surface area contributed by atoms with Gasteiger partial charge in [0.25, 0.3) is 0 Å². The van der Waals surface area contributed by atoms with Crippen LogP contribution in [-0.2, 0) is 9.84 Å². The number of sulfone groups is 1. The van der Waals surface area contributed by atoms with Crippen molar-refractivity contribution < 1.29 is 8.42 Å². The van der Waals surface area contributed by atoms with E-state index in [0.717, 1.165) is 32.0 Å². The molecule has 18 heavy (non-hydrogen) atoms. The molecule has 1 heterocycles. The van der Waals surface area contributed by atoms with E-state index >= 15 is 0 Å². The van der Waals surface area contributed by atoms with Crippen LogP contribution in [0.1, 0.15) is 33.1 Å². The molecule has 2 unspecified atom stereocenters. The Bertz CT molecular complexity index is 365. The second kappa shape index (κ2) is 5.88. The second-order valence-corrected chi connectivity index (χ2v) is 8.27. The van der Waals surface area contributed by atoms with Gasteiger partial charge in [-0.3, -0.25) is 4.90 Å². The predicted molar refractivity (Wildman–Crippen MR) is 74.5 cm³/mol. The van der Waals surface area contributed by atoms with E-state index in [-0.39, 0.29) is 5.75 Å². The van der Waals surface area contributed by atoms with Crippen molar-refractivity contribution in [3.05, 3.63) is 0 Å². The van der Waals surface area contributed by atoms with E-state index in [1.807, 2.05) is 0 Å². The Morgan fingerprint density at radius 3 is 2.67 bits per heavy atom. The topological polar surface area (TPSA) is 49.4 Å². The standard InChI is InChI=1S/C13H26N2O2S/c1-3-18(16,17)8-4-7-15-10-11(2)14-9-13(15)12-5-6-12/h11-14H,3-10H2,1-2H3. The molecular formula is C13H26N2O2S. The highest BCUT2D eigenvalue weighted by Crippen LogP contribution is 2.36. The van der Waals surface area contributed by atoms with Crippen molar-refractivity contribution in [3.63, 3.8) is 0 Å². The number of piperazine rings is 1. The van der Waals surface area contributed by atoms with Crippen LogP contribution in [0.5, 0.6) is 0 Å². The average Bonchev–Trinajstić information content (AvgIpc) is 3.13. The minimum atomic E-state index is -2.80. The molecule has 1 saturated carbocycles. The third kappa shape index (κ3) is 3.93. The lowest BCUT2D eigenvalue weighted by atomic mass is 10.1. The van der Waals surface area contributed by atoms with E-state index in [1.54, 1.807) is 6.92 Å². The smallest absolute Gasteiger partial charge is 0.150 e. The van der Waals surface area contributed by atoms with Crippen molar-refractivity contribution in [3.8, 4) is 0 Å². The van der Waals surface area contributed by atoms with Crippen LogP contribution in [0.2, 0.25) is 0 Å². The maximum Gasteiger partial charge on any atom is 0.150 e. The Labute approximate surface area is 111 Å². The molecule has 1 aliphatic heterocycles. The summed E-state index contributed by atoms with van der Waals surface area (Å²) in [6.45, 7) is 7.01. The first-order valence-corrected chi connectivity index (χ1v) is 9.02. The number of hydrogen-bond donors (Lipinski definition) is 1. The lowest BCUT2D eigenvalue weighted by Gasteiger charge is -2.39. The van der Waals surface area contributed by atoms with E-state index in [9.17, 15) is 8.42 Å². The predicted octanol–water partition coefficient (Wildman–Crippen LogP) is 0.884. The summed E-state index contributed by atoms with van der Waals surface area (Å²) >= 11 is 0. The highest BCUT2D eigenvalue weighted by Gasteiger charge is 2.37. The summed E-state index contributed by atoms with van der Waals surface area (Å²) < 4.78 is 23.0. The summed E-state index contributed by atoms with van der Waals surface area (Å²) in [6, 6.07) is 1.17. The molecule has 5 heteroatoms. The van der Waals surface area contributed by atoms with Crippen molar-refractivity contribution in [2.24, 2.45) is 5.92 Å². The van der Waals surface area contributed by atoms with Gasteiger partial charge in [0.15, 0.2) is 0 Å².